The monoisotopic (exact) mass is 551 g/mol. The number of benzene rings is 2. The zero-order chi connectivity index (χ0) is 27.9. The number of nitrogens with two attached hydrogens (primary N) is 3. The Morgan fingerprint density at radius 2 is 2.00 bits per heavy atom. The summed E-state index contributed by atoms with van der Waals surface area (Å²) in [5.74, 6) is 0.0571. The Morgan fingerprint density at radius 3 is 2.69 bits per heavy atom. The number of aryl methyl sites for hydroxylation is 1. The fourth-order valence-corrected chi connectivity index (χ4v) is 6.87. The predicted molar refractivity (Wildman–Crippen MR) is 154 cm³/mol. The Hall–Kier alpha value is -3.02. The van der Waals surface area contributed by atoms with Crippen LogP contribution >= 0.6 is 11.3 Å². The van der Waals surface area contributed by atoms with Crippen molar-refractivity contribution in [1.29, 1.82) is 0 Å². The van der Waals surface area contributed by atoms with Gasteiger partial charge in [-0.3, -0.25) is 9.59 Å². The second kappa shape index (κ2) is 10.9. The molecule has 9 nitrogen and oxygen atoms in total. The molecule has 1 aromatic heterocycles. The molecule has 1 amide bonds. The van der Waals surface area contributed by atoms with Crippen molar-refractivity contribution in [2.75, 3.05) is 32.0 Å². The highest BCUT2D eigenvalue weighted by atomic mass is 32.1. The Balaban J connectivity index is 1.54. The van der Waals surface area contributed by atoms with E-state index >= 15 is 0 Å². The van der Waals surface area contributed by atoms with E-state index in [1.807, 2.05) is 32.9 Å². The van der Waals surface area contributed by atoms with E-state index in [1.54, 1.807) is 18.2 Å². The van der Waals surface area contributed by atoms with E-state index in [4.69, 9.17) is 26.7 Å². The van der Waals surface area contributed by atoms with E-state index in [9.17, 15) is 9.59 Å². The van der Waals surface area contributed by atoms with Crippen molar-refractivity contribution < 1.29 is 19.1 Å². The molecule has 0 spiro atoms. The maximum atomic E-state index is 14.0. The standard InChI is InChI=1S/C29H37N5O4S/c1-15(2)37-11-12-38-18-6-7-19(16(3)13-18)29(32)20-8-9-21(30)25-22(20)23(24(31)27(29)35)26(39-25)28(36)34-17-5-4-10-33-14-17/h6-9,13,15,17,24,33H,4-5,10-12,14,30-32H2,1-3H3,(H,34,36). The lowest BCUT2D eigenvalue weighted by Crippen LogP contribution is -2.53. The molecule has 3 aromatic rings. The molecule has 2 aromatic carbocycles. The Labute approximate surface area is 232 Å². The second-order valence-corrected chi connectivity index (χ2v) is 11.7. The maximum absolute atomic E-state index is 14.0. The number of ketones is 1. The molecule has 3 unspecified atom stereocenters. The first-order valence-electron chi connectivity index (χ1n) is 13.4. The Kier molecular flexibility index (Phi) is 7.67. The largest absolute Gasteiger partial charge is 0.491 e. The minimum atomic E-state index is -1.51. The minimum absolute atomic E-state index is 0.0184. The summed E-state index contributed by atoms with van der Waals surface area (Å²) in [5, 5.41) is 7.12. The van der Waals surface area contributed by atoms with Crippen LogP contribution in [0.5, 0.6) is 5.75 Å². The van der Waals surface area contributed by atoms with E-state index < -0.39 is 11.6 Å². The first-order chi connectivity index (χ1) is 18.6. The highest BCUT2D eigenvalue weighted by Crippen LogP contribution is 2.50. The second-order valence-electron chi connectivity index (χ2n) is 10.7. The van der Waals surface area contributed by atoms with Gasteiger partial charge < -0.3 is 37.3 Å². The van der Waals surface area contributed by atoms with Crippen LogP contribution in [0.2, 0.25) is 0 Å². The van der Waals surface area contributed by atoms with Crippen LogP contribution in [-0.4, -0.2) is 50.1 Å². The minimum Gasteiger partial charge on any atom is -0.491 e. The van der Waals surface area contributed by atoms with Crippen molar-refractivity contribution in [3.05, 3.63) is 57.5 Å². The topological polar surface area (TPSA) is 155 Å². The van der Waals surface area contributed by atoms with Crippen molar-refractivity contribution in [2.45, 2.75) is 57.3 Å². The summed E-state index contributed by atoms with van der Waals surface area (Å²) < 4.78 is 12.1. The fraction of sp³-hybridized carbons (Fsp3) is 0.448. The predicted octanol–water partition coefficient (Wildman–Crippen LogP) is 2.86. The van der Waals surface area contributed by atoms with Crippen molar-refractivity contribution in [3.63, 3.8) is 0 Å². The van der Waals surface area contributed by atoms with Crippen LogP contribution in [0.15, 0.2) is 30.3 Å². The maximum Gasteiger partial charge on any atom is 0.262 e. The van der Waals surface area contributed by atoms with Gasteiger partial charge in [-0.15, -0.1) is 11.3 Å². The molecule has 1 aliphatic carbocycles. The normalized spacial score (nSPS) is 22.9. The average Bonchev–Trinajstić information content (AvgIpc) is 3.32. The number of hydrogen-bond acceptors (Lipinski definition) is 9. The van der Waals surface area contributed by atoms with Crippen LogP contribution in [0.25, 0.3) is 10.1 Å². The number of rotatable bonds is 8. The fourth-order valence-electron chi connectivity index (χ4n) is 5.67. The van der Waals surface area contributed by atoms with E-state index in [0.717, 1.165) is 29.6 Å². The molecule has 5 rings (SSSR count). The highest BCUT2D eigenvalue weighted by Gasteiger charge is 2.49. The lowest BCUT2D eigenvalue weighted by Gasteiger charge is -2.37. The van der Waals surface area contributed by atoms with Crippen LogP contribution in [0.1, 0.15) is 64.7 Å². The van der Waals surface area contributed by atoms with Crippen LogP contribution in [0.4, 0.5) is 5.69 Å². The van der Waals surface area contributed by atoms with Crippen molar-refractivity contribution >= 4 is 38.8 Å². The van der Waals surface area contributed by atoms with Crippen molar-refractivity contribution in [1.82, 2.24) is 10.6 Å². The quantitative estimate of drug-likeness (QED) is 0.211. The molecule has 1 aliphatic heterocycles. The zero-order valence-corrected chi connectivity index (χ0v) is 23.5. The van der Waals surface area contributed by atoms with Gasteiger partial charge in [0.15, 0.2) is 5.78 Å². The van der Waals surface area contributed by atoms with Gasteiger partial charge in [-0.2, -0.15) is 0 Å². The van der Waals surface area contributed by atoms with Gasteiger partial charge in [0.1, 0.15) is 17.9 Å². The third kappa shape index (κ3) is 4.92. The molecule has 3 atom stereocenters. The summed E-state index contributed by atoms with van der Waals surface area (Å²) in [6.07, 6.45) is 2.02. The molecule has 2 aliphatic rings. The number of anilines is 1. The van der Waals surface area contributed by atoms with Gasteiger partial charge >= 0.3 is 0 Å². The molecule has 1 fully saturated rings. The van der Waals surface area contributed by atoms with E-state index in [2.05, 4.69) is 10.6 Å². The summed E-state index contributed by atoms with van der Waals surface area (Å²) in [4.78, 5) is 27.9. The van der Waals surface area contributed by atoms with Crippen LogP contribution in [0, 0.1) is 6.92 Å². The summed E-state index contributed by atoms with van der Waals surface area (Å²) in [6.45, 7) is 8.38. The summed E-state index contributed by atoms with van der Waals surface area (Å²) >= 11 is 1.27. The molecular weight excluding hydrogens is 514 g/mol. The number of amides is 1. The molecule has 0 bridgehead atoms. The summed E-state index contributed by atoms with van der Waals surface area (Å²) in [7, 11) is 0. The number of Topliss-reactive ketones (excluding diaryl/α,β-unsaturated/α-hetero) is 1. The summed E-state index contributed by atoms with van der Waals surface area (Å²) in [5.41, 5.74) is 21.6. The van der Waals surface area contributed by atoms with Gasteiger partial charge in [0.05, 0.1) is 28.3 Å². The number of carbonyl (C=O) groups excluding carboxylic acids is 2. The van der Waals surface area contributed by atoms with Gasteiger partial charge in [-0.05, 0) is 75.0 Å². The van der Waals surface area contributed by atoms with Gasteiger partial charge in [-0.25, -0.2) is 0 Å². The van der Waals surface area contributed by atoms with Crippen LogP contribution in [-0.2, 0) is 15.1 Å². The molecule has 10 heteroatoms. The smallest absolute Gasteiger partial charge is 0.262 e. The number of carbonyl (C=O) groups is 2. The molecule has 208 valence electrons. The number of nitrogen functional groups attached to an aromatic ring is 1. The number of nitrogens with one attached hydrogen (secondary N) is 2. The number of ether oxygens (including phenoxy) is 2. The van der Waals surface area contributed by atoms with Crippen LogP contribution in [0.3, 0.4) is 0 Å². The van der Waals surface area contributed by atoms with Crippen molar-refractivity contribution in [3.8, 4) is 5.75 Å². The number of thiophene rings is 1. The molecule has 1 saturated heterocycles. The van der Waals surface area contributed by atoms with E-state index in [1.165, 1.54) is 11.3 Å². The van der Waals surface area contributed by atoms with Gasteiger partial charge in [-0.1, -0.05) is 12.1 Å². The molecule has 0 saturated carbocycles. The third-order valence-corrected chi connectivity index (χ3v) is 8.83. The van der Waals surface area contributed by atoms with Gasteiger partial charge in [0, 0.05) is 29.2 Å². The lowest BCUT2D eigenvalue weighted by molar-refractivity contribution is -0.124. The molecule has 0 radical (unpaired) electrons. The van der Waals surface area contributed by atoms with Crippen LogP contribution < -0.4 is 32.6 Å². The highest BCUT2D eigenvalue weighted by molar-refractivity contribution is 7.21. The van der Waals surface area contributed by atoms with Crippen molar-refractivity contribution in [2.24, 2.45) is 11.5 Å². The number of hydrogen-bond donors (Lipinski definition) is 5. The van der Waals surface area contributed by atoms with Gasteiger partial charge in [0.25, 0.3) is 5.91 Å². The first-order valence-corrected chi connectivity index (χ1v) is 14.3. The third-order valence-electron chi connectivity index (χ3n) is 7.58. The number of piperidine rings is 1. The molecule has 2 heterocycles. The zero-order valence-electron chi connectivity index (χ0n) is 22.6. The lowest BCUT2D eigenvalue weighted by atomic mass is 9.69. The molecule has 39 heavy (non-hydrogen) atoms. The molecular formula is C29H37N5O4S. The van der Waals surface area contributed by atoms with E-state index in [0.29, 0.717) is 58.1 Å². The SMILES string of the molecule is Cc1cc(OCCOC(C)C)ccc1C1(N)C(=O)C(N)c2c(C(=O)NC3CCCNC3)sc3c(N)ccc1c23. The molecule has 8 N–H and O–H groups in total. The Bertz CT molecular complexity index is 1410. The summed E-state index contributed by atoms with van der Waals surface area (Å²) in [6, 6.07) is 7.97. The van der Waals surface area contributed by atoms with E-state index in [-0.39, 0.29) is 23.8 Å². The average molecular weight is 552 g/mol. The first kappa shape index (κ1) is 27.5. The van der Waals surface area contributed by atoms with Gasteiger partial charge in [0.2, 0.25) is 0 Å². The Morgan fingerprint density at radius 1 is 1.23 bits per heavy atom.